The number of aromatic nitrogens is 8. The van der Waals surface area contributed by atoms with Gasteiger partial charge in [0.05, 0.1) is 59.0 Å². The minimum Gasteiger partial charge on any atom is -0.373 e. The largest absolute Gasteiger partial charge is 0.373 e. The highest BCUT2D eigenvalue weighted by molar-refractivity contribution is 9.11. The van der Waals surface area contributed by atoms with Gasteiger partial charge in [-0.05, 0) is 56.8 Å². The Morgan fingerprint density at radius 1 is 0.590 bits per heavy atom. The van der Waals surface area contributed by atoms with E-state index in [1.54, 1.807) is 33.8 Å². The first kappa shape index (κ1) is 40.1. The standard InChI is InChI=1S/C22H22BrN6O2.C22H22BrN6O/c23-18-14-25-29-20(12-19(26-22(18)29)17-4-2-1-3-5-17)24-13-16-6-7-21(28(30)15-16)27-8-10-31-11-9-27;23-18-14-25-29-20(12-19(26-22(18)29)17-6-2-1-3-7-17)24-13-16-8-9-21(28(30)15-16)27-10-4-5-11-27/h1-7,12,14-15,24,30H,8-11,13H2;1-3,6-9,12,14-15,24,30H,4-5,10-11,13H2/q2*+1. The SMILES string of the molecule is O[n+]1cc(CNc2cc(-c3ccccc3)nc3c(Br)cnn23)ccc1N1CCCC1.O[n+]1cc(CNc2cc(-c3ccccc3)nc3c(Br)cnn23)ccc1N1CCOCC1. The Bertz CT molecular complexity index is 2770. The van der Waals surface area contributed by atoms with Crippen LogP contribution in [0.3, 0.4) is 0 Å². The van der Waals surface area contributed by atoms with Crippen molar-refractivity contribution < 1.29 is 24.6 Å². The molecule has 8 aromatic rings. The summed E-state index contributed by atoms with van der Waals surface area (Å²) in [5.41, 5.74) is 7.20. The van der Waals surface area contributed by atoms with Crippen LogP contribution in [0.2, 0.25) is 0 Å². The zero-order chi connectivity index (χ0) is 41.7. The van der Waals surface area contributed by atoms with Crippen LogP contribution in [-0.2, 0) is 17.8 Å². The molecule has 0 radical (unpaired) electrons. The number of benzene rings is 2. The van der Waals surface area contributed by atoms with E-state index in [2.05, 4.69) is 62.5 Å². The first-order valence-corrected chi connectivity index (χ1v) is 21.7. The van der Waals surface area contributed by atoms with E-state index in [9.17, 15) is 10.4 Å². The molecule has 0 amide bonds. The van der Waals surface area contributed by atoms with Crippen LogP contribution in [-0.4, -0.2) is 79.0 Å². The quantitative estimate of drug-likeness (QED) is 0.0828. The first-order valence-electron chi connectivity index (χ1n) is 20.1. The molecule has 6 aromatic heterocycles. The van der Waals surface area contributed by atoms with E-state index in [-0.39, 0.29) is 0 Å². The lowest BCUT2D eigenvalue weighted by atomic mass is 10.1. The summed E-state index contributed by atoms with van der Waals surface area (Å²) in [4.78, 5) is 13.8. The van der Waals surface area contributed by atoms with Crippen molar-refractivity contribution in [3.05, 3.63) is 142 Å². The summed E-state index contributed by atoms with van der Waals surface area (Å²) in [6.07, 6.45) is 9.31. The van der Waals surface area contributed by atoms with Gasteiger partial charge in [-0.25, -0.2) is 9.97 Å². The van der Waals surface area contributed by atoms with E-state index in [4.69, 9.17) is 14.7 Å². The van der Waals surface area contributed by atoms with Gasteiger partial charge in [-0.2, -0.15) is 19.2 Å². The van der Waals surface area contributed by atoms with Gasteiger partial charge < -0.3 is 25.8 Å². The molecule has 0 unspecified atom stereocenters. The van der Waals surface area contributed by atoms with E-state index in [0.717, 1.165) is 103 Å². The number of halogens is 2. The van der Waals surface area contributed by atoms with Crippen molar-refractivity contribution in [2.75, 3.05) is 59.8 Å². The van der Waals surface area contributed by atoms with Crippen LogP contribution in [0.15, 0.2) is 131 Å². The summed E-state index contributed by atoms with van der Waals surface area (Å²) < 4.78 is 13.0. The van der Waals surface area contributed by atoms with Crippen LogP contribution >= 0.6 is 31.9 Å². The zero-order valence-electron chi connectivity index (χ0n) is 33.1. The molecule has 2 saturated heterocycles. The van der Waals surface area contributed by atoms with E-state index in [0.29, 0.717) is 26.3 Å². The number of anilines is 4. The lowest BCUT2D eigenvalue weighted by molar-refractivity contribution is -0.894. The fraction of sp³-hybridized carbons (Fsp3) is 0.227. The second-order valence-corrected chi connectivity index (χ2v) is 16.4. The van der Waals surface area contributed by atoms with E-state index in [1.807, 2.05) is 97.1 Å². The van der Waals surface area contributed by atoms with Crippen LogP contribution in [0.25, 0.3) is 33.8 Å². The lowest BCUT2D eigenvalue weighted by Crippen LogP contribution is -2.45. The molecule has 2 fully saturated rings. The van der Waals surface area contributed by atoms with Crippen LogP contribution in [0.5, 0.6) is 0 Å². The van der Waals surface area contributed by atoms with Crippen molar-refractivity contribution in [3.8, 4) is 22.5 Å². The molecule has 0 bridgehead atoms. The fourth-order valence-electron chi connectivity index (χ4n) is 7.52. The Balaban J connectivity index is 0.000000156. The predicted molar refractivity (Wildman–Crippen MR) is 239 cm³/mol. The molecule has 0 spiro atoms. The molecule has 0 aliphatic carbocycles. The van der Waals surface area contributed by atoms with Crippen molar-refractivity contribution in [2.24, 2.45) is 0 Å². The van der Waals surface area contributed by atoms with E-state index in [1.165, 1.54) is 22.3 Å². The third kappa shape index (κ3) is 8.94. The maximum absolute atomic E-state index is 10.5. The second-order valence-electron chi connectivity index (χ2n) is 14.7. The molecule has 10 rings (SSSR count). The van der Waals surface area contributed by atoms with Crippen LogP contribution < -0.4 is 29.9 Å². The highest BCUT2D eigenvalue weighted by Gasteiger charge is 2.25. The molecule has 61 heavy (non-hydrogen) atoms. The van der Waals surface area contributed by atoms with Crippen LogP contribution in [0.4, 0.5) is 23.3 Å². The Kier molecular flexibility index (Phi) is 11.9. The fourth-order valence-corrected chi connectivity index (χ4v) is 8.22. The number of rotatable bonds is 10. The number of ether oxygens (including phenoxy) is 1. The highest BCUT2D eigenvalue weighted by atomic mass is 79.9. The molecular formula is C44H44Br2N12O3+2. The number of nitrogens with zero attached hydrogens (tertiary/aromatic N) is 10. The third-order valence-corrected chi connectivity index (χ3v) is 11.8. The molecule has 2 aromatic carbocycles. The smallest absolute Gasteiger partial charge is 0.316 e. The van der Waals surface area contributed by atoms with Gasteiger partial charge in [0, 0.05) is 59.6 Å². The predicted octanol–water partition coefficient (Wildman–Crippen LogP) is 7.03. The molecule has 0 atom stereocenters. The minimum absolute atomic E-state index is 0.523. The molecule has 15 nitrogen and oxygen atoms in total. The van der Waals surface area contributed by atoms with Gasteiger partial charge in [-0.1, -0.05) is 70.1 Å². The summed E-state index contributed by atoms with van der Waals surface area (Å²) >= 11 is 7.07. The summed E-state index contributed by atoms with van der Waals surface area (Å²) in [6, 6.07) is 32.1. The lowest BCUT2D eigenvalue weighted by Gasteiger charge is -2.22. The maximum atomic E-state index is 10.5. The molecule has 2 aliphatic heterocycles. The molecule has 17 heteroatoms. The van der Waals surface area contributed by atoms with Gasteiger partial charge in [-0.15, -0.1) is 0 Å². The second kappa shape index (κ2) is 18.1. The van der Waals surface area contributed by atoms with Crippen molar-refractivity contribution in [1.82, 2.24) is 29.2 Å². The molecule has 4 N–H and O–H groups in total. The number of hydrogen-bond acceptors (Lipinski definition) is 11. The normalized spacial score (nSPS) is 14.0. The number of fused-ring (bicyclic) bond motifs is 2. The Morgan fingerprint density at radius 2 is 1.03 bits per heavy atom. The Labute approximate surface area is 368 Å². The van der Waals surface area contributed by atoms with Crippen LogP contribution in [0, 0.1) is 0 Å². The number of nitrogens with one attached hydrogen (secondary N) is 2. The van der Waals surface area contributed by atoms with Gasteiger partial charge >= 0.3 is 11.6 Å². The molecule has 310 valence electrons. The van der Waals surface area contributed by atoms with Gasteiger partial charge in [-0.3, -0.25) is 9.80 Å². The zero-order valence-corrected chi connectivity index (χ0v) is 36.3. The summed E-state index contributed by atoms with van der Waals surface area (Å²) in [7, 11) is 0. The Hall–Kier alpha value is -6.30. The third-order valence-electron chi connectivity index (χ3n) is 10.6. The van der Waals surface area contributed by atoms with Crippen molar-refractivity contribution >= 4 is 66.4 Å². The summed E-state index contributed by atoms with van der Waals surface area (Å²) in [5.74, 6) is 3.25. The van der Waals surface area contributed by atoms with Crippen molar-refractivity contribution in [2.45, 2.75) is 25.9 Å². The Morgan fingerprint density at radius 3 is 1.48 bits per heavy atom. The van der Waals surface area contributed by atoms with Gasteiger partial charge in [0.2, 0.25) is 0 Å². The first-order chi connectivity index (χ1) is 29.9. The monoisotopic (exact) mass is 946 g/mol. The molecular weight excluding hydrogens is 904 g/mol. The van der Waals surface area contributed by atoms with Crippen molar-refractivity contribution in [1.29, 1.82) is 0 Å². The number of hydrogen-bond donors (Lipinski definition) is 4. The average Bonchev–Trinajstić information content (AvgIpc) is 4.07. The minimum atomic E-state index is 0.523. The maximum Gasteiger partial charge on any atom is 0.316 e. The topological polar surface area (TPSA) is 148 Å². The van der Waals surface area contributed by atoms with Crippen molar-refractivity contribution in [3.63, 3.8) is 0 Å². The highest BCUT2D eigenvalue weighted by Crippen LogP contribution is 2.28. The number of pyridine rings is 2. The molecule has 8 heterocycles. The number of morpholine rings is 1. The molecule has 0 saturated carbocycles. The summed E-state index contributed by atoms with van der Waals surface area (Å²) in [6.45, 7) is 5.93. The van der Waals surface area contributed by atoms with E-state index >= 15 is 0 Å². The van der Waals surface area contributed by atoms with E-state index < -0.39 is 0 Å². The van der Waals surface area contributed by atoms with Gasteiger partial charge in [0.15, 0.2) is 11.3 Å². The van der Waals surface area contributed by atoms with Gasteiger partial charge in [0.1, 0.15) is 37.1 Å². The molecule has 2 aliphatic rings. The van der Waals surface area contributed by atoms with Gasteiger partial charge in [0.25, 0.3) is 0 Å². The average molecular weight is 949 g/mol. The van der Waals surface area contributed by atoms with Crippen LogP contribution in [0.1, 0.15) is 24.0 Å². The summed E-state index contributed by atoms with van der Waals surface area (Å²) in [5, 5.41) is 36.7.